The Morgan fingerprint density at radius 2 is 2.10 bits per heavy atom. The molecule has 1 aliphatic carbocycles. The van der Waals surface area contributed by atoms with Crippen LogP contribution < -0.4 is 11.3 Å². The van der Waals surface area contributed by atoms with Crippen molar-refractivity contribution in [1.29, 1.82) is 0 Å². The highest BCUT2D eigenvalue weighted by molar-refractivity contribution is 5.27. The summed E-state index contributed by atoms with van der Waals surface area (Å²) in [4.78, 5) is 0. The molecule has 1 aliphatic heterocycles. The van der Waals surface area contributed by atoms with E-state index in [0.717, 1.165) is 43.4 Å². The molecule has 3 N–H and O–H groups in total. The number of rotatable bonds is 3. The van der Waals surface area contributed by atoms with Gasteiger partial charge >= 0.3 is 0 Å². The molecular formula is C17H25FN2O. The van der Waals surface area contributed by atoms with E-state index in [1.165, 1.54) is 12.8 Å². The van der Waals surface area contributed by atoms with E-state index >= 15 is 0 Å². The third-order valence-electron chi connectivity index (χ3n) is 5.12. The average Bonchev–Trinajstić information content (AvgIpc) is 2.86. The van der Waals surface area contributed by atoms with E-state index in [4.69, 9.17) is 10.6 Å². The Morgan fingerprint density at radius 1 is 1.33 bits per heavy atom. The van der Waals surface area contributed by atoms with Gasteiger partial charge in [-0.3, -0.25) is 11.3 Å². The molecule has 21 heavy (non-hydrogen) atoms. The summed E-state index contributed by atoms with van der Waals surface area (Å²) in [5, 5.41) is 0. The Bertz CT molecular complexity index is 479. The van der Waals surface area contributed by atoms with Crippen molar-refractivity contribution in [2.75, 3.05) is 6.61 Å². The SMILES string of the molecule is Cc1cc(F)cc(C(NN)C2CCOC3(CCCC3)C2)c1. The van der Waals surface area contributed by atoms with Gasteiger partial charge in [-0.1, -0.05) is 18.9 Å². The molecule has 3 nitrogen and oxygen atoms in total. The lowest BCUT2D eigenvalue weighted by molar-refractivity contribution is -0.0982. The van der Waals surface area contributed by atoms with Crippen molar-refractivity contribution in [2.24, 2.45) is 11.8 Å². The number of hydrogen-bond acceptors (Lipinski definition) is 3. The third-order valence-corrected chi connectivity index (χ3v) is 5.12. The van der Waals surface area contributed by atoms with Gasteiger partial charge in [0.2, 0.25) is 0 Å². The van der Waals surface area contributed by atoms with Crippen molar-refractivity contribution in [3.8, 4) is 0 Å². The predicted molar refractivity (Wildman–Crippen MR) is 81.1 cm³/mol. The Hall–Kier alpha value is -0.970. The van der Waals surface area contributed by atoms with E-state index in [1.807, 2.05) is 13.0 Å². The van der Waals surface area contributed by atoms with Gasteiger partial charge in [0, 0.05) is 12.6 Å². The fourth-order valence-electron chi connectivity index (χ4n) is 4.17. The van der Waals surface area contributed by atoms with Gasteiger partial charge in [0.25, 0.3) is 0 Å². The first-order valence-electron chi connectivity index (χ1n) is 7.99. The molecule has 4 heteroatoms. The minimum atomic E-state index is -0.187. The molecule has 2 fully saturated rings. The molecule has 2 atom stereocenters. The molecule has 1 heterocycles. The molecule has 1 saturated carbocycles. The lowest BCUT2D eigenvalue weighted by atomic mass is 9.78. The molecule has 1 aromatic carbocycles. The minimum absolute atomic E-state index is 0.000718. The highest BCUT2D eigenvalue weighted by atomic mass is 19.1. The van der Waals surface area contributed by atoms with E-state index in [9.17, 15) is 4.39 Å². The van der Waals surface area contributed by atoms with Crippen molar-refractivity contribution in [1.82, 2.24) is 5.43 Å². The zero-order chi connectivity index (χ0) is 14.9. The molecule has 0 radical (unpaired) electrons. The second-order valence-corrected chi connectivity index (χ2v) is 6.70. The zero-order valence-electron chi connectivity index (χ0n) is 12.7. The van der Waals surface area contributed by atoms with Crippen LogP contribution in [0.4, 0.5) is 4.39 Å². The van der Waals surface area contributed by atoms with Crippen molar-refractivity contribution in [2.45, 2.75) is 57.1 Å². The highest BCUT2D eigenvalue weighted by Crippen LogP contribution is 2.45. The number of aryl methyl sites for hydroxylation is 1. The largest absolute Gasteiger partial charge is 0.375 e. The van der Waals surface area contributed by atoms with Crippen LogP contribution in [-0.4, -0.2) is 12.2 Å². The monoisotopic (exact) mass is 292 g/mol. The quantitative estimate of drug-likeness (QED) is 0.663. The first kappa shape index (κ1) is 14.9. The van der Waals surface area contributed by atoms with Crippen molar-refractivity contribution in [3.05, 3.63) is 35.1 Å². The molecule has 2 unspecified atom stereocenters. The fourth-order valence-corrected chi connectivity index (χ4v) is 4.17. The standard InChI is InChI=1S/C17H25FN2O/c1-12-8-14(10-15(18)9-12)16(20-19)13-4-7-21-17(11-13)5-2-3-6-17/h8-10,13,16,20H,2-7,11,19H2,1H3. The molecular weight excluding hydrogens is 267 g/mol. The molecule has 0 amide bonds. The van der Waals surface area contributed by atoms with Gasteiger partial charge in [-0.15, -0.1) is 0 Å². The lowest BCUT2D eigenvalue weighted by Crippen LogP contribution is -2.43. The van der Waals surface area contributed by atoms with E-state index < -0.39 is 0 Å². The van der Waals surface area contributed by atoms with Crippen LogP contribution in [0.1, 0.15) is 55.7 Å². The van der Waals surface area contributed by atoms with E-state index in [0.29, 0.717) is 5.92 Å². The minimum Gasteiger partial charge on any atom is -0.375 e. The van der Waals surface area contributed by atoms with Gasteiger partial charge in [0.05, 0.1) is 5.60 Å². The van der Waals surface area contributed by atoms with Crippen LogP contribution in [0.5, 0.6) is 0 Å². The summed E-state index contributed by atoms with van der Waals surface area (Å²) in [6, 6.07) is 5.19. The van der Waals surface area contributed by atoms with Crippen LogP contribution in [0.3, 0.4) is 0 Å². The maximum Gasteiger partial charge on any atom is 0.123 e. The first-order chi connectivity index (χ1) is 10.1. The molecule has 1 aromatic rings. The van der Waals surface area contributed by atoms with Crippen molar-refractivity contribution in [3.63, 3.8) is 0 Å². The van der Waals surface area contributed by atoms with Crippen LogP contribution >= 0.6 is 0 Å². The Morgan fingerprint density at radius 3 is 2.76 bits per heavy atom. The number of nitrogens with one attached hydrogen (secondary N) is 1. The van der Waals surface area contributed by atoms with E-state index in [-0.39, 0.29) is 17.5 Å². The van der Waals surface area contributed by atoms with E-state index in [2.05, 4.69) is 5.43 Å². The smallest absolute Gasteiger partial charge is 0.123 e. The highest BCUT2D eigenvalue weighted by Gasteiger charge is 2.42. The topological polar surface area (TPSA) is 47.3 Å². The van der Waals surface area contributed by atoms with Crippen LogP contribution in [0.2, 0.25) is 0 Å². The van der Waals surface area contributed by atoms with Gasteiger partial charge < -0.3 is 4.74 Å². The predicted octanol–water partition coefficient (Wildman–Crippen LogP) is 3.38. The molecule has 3 rings (SSSR count). The van der Waals surface area contributed by atoms with Crippen LogP contribution in [0, 0.1) is 18.7 Å². The lowest BCUT2D eigenvalue weighted by Gasteiger charge is -2.41. The van der Waals surface area contributed by atoms with Crippen LogP contribution in [-0.2, 0) is 4.74 Å². The summed E-state index contributed by atoms with van der Waals surface area (Å²) in [6.45, 7) is 2.71. The number of nitrogens with two attached hydrogens (primary N) is 1. The second kappa shape index (κ2) is 6.03. The molecule has 1 spiro atoms. The molecule has 2 aliphatic rings. The molecule has 0 aromatic heterocycles. The van der Waals surface area contributed by atoms with Gasteiger partial charge in [0.15, 0.2) is 0 Å². The fraction of sp³-hybridized carbons (Fsp3) is 0.647. The maximum atomic E-state index is 13.7. The summed E-state index contributed by atoms with van der Waals surface area (Å²) in [6.07, 6.45) is 6.83. The summed E-state index contributed by atoms with van der Waals surface area (Å²) in [5.74, 6) is 6.03. The molecule has 116 valence electrons. The normalized spacial score (nSPS) is 26.1. The van der Waals surface area contributed by atoms with Crippen molar-refractivity contribution >= 4 is 0 Å². The van der Waals surface area contributed by atoms with Gasteiger partial charge in [-0.05, 0) is 61.8 Å². The molecule has 1 saturated heterocycles. The van der Waals surface area contributed by atoms with Gasteiger partial charge in [-0.25, -0.2) is 4.39 Å². The summed E-state index contributed by atoms with van der Waals surface area (Å²) >= 11 is 0. The number of ether oxygens (including phenoxy) is 1. The van der Waals surface area contributed by atoms with Crippen LogP contribution in [0.15, 0.2) is 18.2 Å². The van der Waals surface area contributed by atoms with E-state index in [1.54, 1.807) is 12.1 Å². The zero-order valence-corrected chi connectivity index (χ0v) is 12.7. The summed E-state index contributed by atoms with van der Waals surface area (Å²) < 4.78 is 19.8. The number of hydrogen-bond donors (Lipinski definition) is 2. The Labute approximate surface area is 126 Å². The third kappa shape index (κ3) is 3.12. The summed E-state index contributed by atoms with van der Waals surface area (Å²) in [5.41, 5.74) is 4.87. The Balaban J connectivity index is 1.82. The Kier molecular flexibility index (Phi) is 4.29. The van der Waals surface area contributed by atoms with Crippen LogP contribution in [0.25, 0.3) is 0 Å². The number of benzene rings is 1. The maximum absolute atomic E-state index is 13.7. The van der Waals surface area contributed by atoms with Crippen molar-refractivity contribution < 1.29 is 9.13 Å². The second-order valence-electron chi connectivity index (χ2n) is 6.70. The van der Waals surface area contributed by atoms with Gasteiger partial charge in [-0.2, -0.15) is 0 Å². The number of halogens is 1. The molecule has 0 bridgehead atoms. The van der Waals surface area contributed by atoms with Gasteiger partial charge in [0.1, 0.15) is 5.82 Å². The average molecular weight is 292 g/mol. The first-order valence-corrected chi connectivity index (χ1v) is 7.99. The summed E-state index contributed by atoms with van der Waals surface area (Å²) in [7, 11) is 0. The number of hydrazine groups is 1.